The van der Waals surface area contributed by atoms with Gasteiger partial charge >= 0.3 is 0 Å². The average Bonchev–Trinajstić information content (AvgIpc) is 3.10. The van der Waals surface area contributed by atoms with Crippen LogP contribution in [0.1, 0.15) is 18.3 Å². The first-order chi connectivity index (χ1) is 12.6. The van der Waals surface area contributed by atoms with Gasteiger partial charge in [0.1, 0.15) is 18.0 Å². The Labute approximate surface area is 153 Å². The zero-order valence-corrected chi connectivity index (χ0v) is 15.7. The molecule has 8 heteroatoms. The van der Waals surface area contributed by atoms with Gasteiger partial charge in [-0.1, -0.05) is 19.1 Å². The number of hydrogen-bond donors (Lipinski definition) is 1. The number of aromatic nitrogens is 3. The van der Waals surface area contributed by atoms with Crippen LogP contribution in [0.3, 0.4) is 0 Å². The highest BCUT2D eigenvalue weighted by atomic mass is 19.1. The summed E-state index contributed by atoms with van der Waals surface area (Å²) in [5.41, 5.74) is 1.02. The predicted octanol–water partition coefficient (Wildman–Crippen LogP) is 1.70. The van der Waals surface area contributed by atoms with Crippen LogP contribution in [-0.4, -0.2) is 59.5 Å². The summed E-state index contributed by atoms with van der Waals surface area (Å²) in [6.45, 7) is 5.27. The molecule has 0 saturated carbocycles. The van der Waals surface area contributed by atoms with Crippen molar-refractivity contribution in [3.8, 4) is 0 Å². The van der Waals surface area contributed by atoms with Crippen LogP contribution < -0.4 is 5.32 Å². The van der Waals surface area contributed by atoms with Gasteiger partial charge in [0, 0.05) is 40.2 Å². The third-order valence-electron chi connectivity index (χ3n) is 3.90. The van der Waals surface area contributed by atoms with Gasteiger partial charge < -0.3 is 19.5 Å². The average molecular weight is 362 g/mol. The monoisotopic (exact) mass is 362 g/mol. The van der Waals surface area contributed by atoms with Crippen molar-refractivity contribution in [3.05, 3.63) is 47.8 Å². The fourth-order valence-corrected chi connectivity index (χ4v) is 2.52. The Balaban J connectivity index is 1.95. The number of aryl methyl sites for hydroxylation is 1. The molecule has 0 saturated heterocycles. The number of nitrogens with zero attached hydrogens (tertiary/aromatic N) is 5. The second-order valence-electron chi connectivity index (χ2n) is 5.90. The van der Waals surface area contributed by atoms with Crippen molar-refractivity contribution in [1.82, 2.24) is 25.0 Å². The van der Waals surface area contributed by atoms with Gasteiger partial charge in [-0.05, 0) is 17.7 Å². The molecule has 0 bridgehead atoms. The van der Waals surface area contributed by atoms with Crippen LogP contribution in [-0.2, 0) is 24.2 Å². The quantitative estimate of drug-likeness (QED) is 0.418. The Morgan fingerprint density at radius 2 is 2.12 bits per heavy atom. The zero-order chi connectivity index (χ0) is 18.8. The first-order valence-corrected chi connectivity index (χ1v) is 8.73. The number of benzene rings is 1. The summed E-state index contributed by atoms with van der Waals surface area (Å²) < 4.78 is 20.2. The Morgan fingerprint density at radius 3 is 2.81 bits per heavy atom. The molecule has 1 N–H and O–H groups in total. The van der Waals surface area contributed by atoms with Crippen LogP contribution in [0.5, 0.6) is 0 Å². The number of guanidine groups is 1. The molecule has 0 aliphatic carbocycles. The van der Waals surface area contributed by atoms with Crippen LogP contribution in [0.15, 0.2) is 35.6 Å². The summed E-state index contributed by atoms with van der Waals surface area (Å²) in [4.78, 5) is 6.59. The van der Waals surface area contributed by atoms with Crippen molar-refractivity contribution in [2.75, 3.05) is 33.9 Å². The lowest BCUT2D eigenvalue weighted by Crippen LogP contribution is -2.40. The molecule has 0 aliphatic heterocycles. The molecule has 142 valence electrons. The third kappa shape index (κ3) is 6.11. The number of aliphatic imine (C=N–C) groups is 1. The molecular weight excluding hydrogens is 335 g/mol. The topological polar surface area (TPSA) is 67.6 Å². The van der Waals surface area contributed by atoms with E-state index in [0.29, 0.717) is 26.2 Å². The number of ether oxygens (including phenoxy) is 1. The van der Waals surface area contributed by atoms with Crippen molar-refractivity contribution in [3.63, 3.8) is 0 Å². The smallest absolute Gasteiger partial charge is 0.194 e. The lowest BCUT2D eigenvalue weighted by molar-refractivity contribution is 0.207. The van der Waals surface area contributed by atoms with E-state index in [9.17, 15) is 4.39 Å². The molecule has 0 spiro atoms. The second-order valence-corrected chi connectivity index (χ2v) is 5.90. The highest BCUT2D eigenvalue weighted by Crippen LogP contribution is 2.06. The van der Waals surface area contributed by atoms with Gasteiger partial charge in [-0.2, -0.15) is 0 Å². The Bertz CT molecular complexity index is 685. The Kier molecular flexibility index (Phi) is 8.01. The highest BCUT2D eigenvalue weighted by Gasteiger charge is 2.08. The van der Waals surface area contributed by atoms with E-state index in [2.05, 4.69) is 27.4 Å². The van der Waals surface area contributed by atoms with Crippen LogP contribution in [0.4, 0.5) is 4.39 Å². The van der Waals surface area contributed by atoms with E-state index in [0.717, 1.165) is 30.3 Å². The van der Waals surface area contributed by atoms with Crippen LogP contribution in [0, 0.1) is 5.82 Å². The lowest BCUT2D eigenvalue weighted by atomic mass is 10.2. The molecule has 1 heterocycles. The van der Waals surface area contributed by atoms with Gasteiger partial charge in [-0.15, -0.1) is 10.2 Å². The van der Waals surface area contributed by atoms with E-state index >= 15 is 0 Å². The summed E-state index contributed by atoms with van der Waals surface area (Å²) >= 11 is 0. The Hall–Kier alpha value is -2.48. The zero-order valence-electron chi connectivity index (χ0n) is 15.7. The van der Waals surface area contributed by atoms with E-state index in [4.69, 9.17) is 4.74 Å². The molecule has 0 radical (unpaired) electrons. The van der Waals surface area contributed by atoms with Crippen molar-refractivity contribution in [2.45, 2.75) is 26.4 Å². The number of rotatable bonds is 9. The SMILES string of the molecule is CCc1nncn1CCNC(=NCCOC)N(C)Cc1ccc(F)cc1. The molecule has 2 rings (SSSR count). The first-order valence-electron chi connectivity index (χ1n) is 8.73. The van der Waals surface area contributed by atoms with E-state index in [1.807, 2.05) is 16.5 Å². The second kappa shape index (κ2) is 10.5. The molecule has 2 aromatic rings. The van der Waals surface area contributed by atoms with Crippen molar-refractivity contribution >= 4 is 5.96 Å². The summed E-state index contributed by atoms with van der Waals surface area (Å²) in [7, 11) is 3.61. The summed E-state index contributed by atoms with van der Waals surface area (Å²) in [6, 6.07) is 6.50. The van der Waals surface area contributed by atoms with Crippen LogP contribution in [0.25, 0.3) is 0 Å². The molecule has 0 aliphatic rings. The molecule has 26 heavy (non-hydrogen) atoms. The van der Waals surface area contributed by atoms with Crippen molar-refractivity contribution in [1.29, 1.82) is 0 Å². The highest BCUT2D eigenvalue weighted by molar-refractivity contribution is 5.79. The molecule has 7 nitrogen and oxygen atoms in total. The van der Waals surface area contributed by atoms with E-state index in [-0.39, 0.29) is 5.82 Å². The van der Waals surface area contributed by atoms with Crippen LogP contribution in [0.2, 0.25) is 0 Å². The normalized spacial score (nSPS) is 11.6. The maximum Gasteiger partial charge on any atom is 0.194 e. The van der Waals surface area contributed by atoms with E-state index in [1.54, 1.807) is 25.6 Å². The standard InChI is InChI=1S/C18H27FN6O/c1-4-17-23-22-14-25(17)11-9-20-18(21-10-12-26-3)24(2)13-15-5-7-16(19)8-6-15/h5-8,14H,4,9-13H2,1-3H3,(H,20,21). The number of halogens is 1. The maximum atomic E-state index is 13.1. The molecular formula is C18H27FN6O. The molecule has 0 unspecified atom stereocenters. The summed E-state index contributed by atoms with van der Waals surface area (Å²) in [5, 5.41) is 11.4. The molecule has 1 aromatic heterocycles. The minimum atomic E-state index is -0.232. The largest absolute Gasteiger partial charge is 0.383 e. The van der Waals surface area contributed by atoms with Gasteiger partial charge in [0.25, 0.3) is 0 Å². The summed E-state index contributed by atoms with van der Waals surface area (Å²) in [5.74, 6) is 1.51. The number of methoxy groups -OCH3 is 1. The van der Waals surface area contributed by atoms with Gasteiger partial charge in [-0.3, -0.25) is 4.99 Å². The van der Waals surface area contributed by atoms with Crippen molar-refractivity contribution in [2.24, 2.45) is 4.99 Å². The number of hydrogen-bond acceptors (Lipinski definition) is 4. The Morgan fingerprint density at radius 1 is 1.35 bits per heavy atom. The maximum absolute atomic E-state index is 13.1. The minimum Gasteiger partial charge on any atom is -0.383 e. The van der Waals surface area contributed by atoms with Gasteiger partial charge in [0.15, 0.2) is 5.96 Å². The van der Waals surface area contributed by atoms with E-state index < -0.39 is 0 Å². The van der Waals surface area contributed by atoms with Crippen molar-refractivity contribution < 1.29 is 9.13 Å². The molecule has 0 amide bonds. The fourth-order valence-electron chi connectivity index (χ4n) is 2.52. The van der Waals surface area contributed by atoms with Crippen LogP contribution >= 0.6 is 0 Å². The summed E-state index contributed by atoms with van der Waals surface area (Å²) in [6.07, 6.45) is 2.59. The predicted molar refractivity (Wildman–Crippen MR) is 99.4 cm³/mol. The van der Waals surface area contributed by atoms with E-state index in [1.165, 1.54) is 12.1 Å². The van der Waals surface area contributed by atoms with Gasteiger partial charge in [0.2, 0.25) is 0 Å². The third-order valence-corrected chi connectivity index (χ3v) is 3.90. The fraction of sp³-hybridized carbons (Fsp3) is 0.500. The first kappa shape index (κ1) is 19.8. The van der Waals surface area contributed by atoms with Gasteiger partial charge in [0.05, 0.1) is 13.2 Å². The molecule has 0 atom stereocenters. The molecule has 0 fully saturated rings. The van der Waals surface area contributed by atoms with Gasteiger partial charge in [-0.25, -0.2) is 4.39 Å². The number of nitrogens with one attached hydrogen (secondary N) is 1. The minimum absolute atomic E-state index is 0.232. The molecule has 1 aromatic carbocycles. The lowest BCUT2D eigenvalue weighted by Gasteiger charge is -2.23.